The molecule has 0 spiro atoms. The molecule has 0 saturated carbocycles. The molecule has 3 nitrogen and oxygen atoms in total. The van der Waals surface area contributed by atoms with Crippen molar-refractivity contribution in [1.29, 1.82) is 0 Å². The summed E-state index contributed by atoms with van der Waals surface area (Å²) in [5, 5.41) is 0. The first-order chi connectivity index (χ1) is 9.57. The molecule has 112 valence electrons. The zero-order valence-electron chi connectivity index (χ0n) is 14.2. The highest BCUT2D eigenvalue weighted by molar-refractivity contribution is 5.55. The van der Waals surface area contributed by atoms with Gasteiger partial charge in [-0.25, -0.2) is 15.0 Å². The number of hydrogen-bond donors (Lipinski definition) is 0. The summed E-state index contributed by atoms with van der Waals surface area (Å²) in [6.07, 6.45) is 0. The zero-order valence-corrected chi connectivity index (χ0v) is 14.2. The number of nitrogens with zero attached hydrogens (tertiary/aromatic N) is 3. The lowest BCUT2D eigenvalue weighted by atomic mass is 9.93. The maximum Gasteiger partial charge on any atom is 0.163 e. The first-order valence-electron chi connectivity index (χ1n) is 7.41. The molecule has 0 radical (unpaired) electrons. The second-order valence-electron chi connectivity index (χ2n) is 7.67. The Morgan fingerprint density at radius 2 is 1.10 bits per heavy atom. The fourth-order valence-electron chi connectivity index (χ4n) is 1.88. The highest BCUT2D eigenvalue weighted by Gasteiger charge is 2.25. The highest BCUT2D eigenvalue weighted by atomic mass is 15.0. The van der Waals surface area contributed by atoms with Crippen molar-refractivity contribution in [2.45, 2.75) is 59.3 Å². The first kappa shape index (κ1) is 15.6. The smallest absolute Gasteiger partial charge is 0.163 e. The van der Waals surface area contributed by atoms with E-state index in [0.29, 0.717) is 0 Å². The van der Waals surface area contributed by atoms with E-state index in [1.54, 1.807) is 0 Å². The molecule has 2 rings (SSSR count). The summed E-state index contributed by atoms with van der Waals surface area (Å²) >= 11 is 0. The van der Waals surface area contributed by atoms with E-state index in [2.05, 4.69) is 72.7 Å². The van der Waals surface area contributed by atoms with Gasteiger partial charge in [0.15, 0.2) is 5.82 Å². The van der Waals surface area contributed by atoms with Gasteiger partial charge in [0.25, 0.3) is 0 Å². The predicted octanol–water partition coefficient (Wildman–Crippen LogP) is 4.44. The molecule has 0 saturated heterocycles. The molecule has 0 aliphatic heterocycles. The number of hydrogen-bond acceptors (Lipinski definition) is 3. The van der Waals surface area contributed by atoms with Gasteiger partial charge in [0.1, 0.15) is 11.6 Å². The van der Waals surface area contributed by atoms with Gasteiger partial charge in [-0.05, 0) is 6.92 Å². The second-order valence-corrected chi connectivity index (χ2v) is 7.67. The quantitative estimate of drug-likeness (QED) is 0.776. The Hall–Kier alpha value is -1.77. The van der Waals surface area contributed by atoms with Crippen molar-refractivity contribution in [3.63, 3.8) is 0 Å². The van der Waals surface area contributed by atoms with Gasteiger partial charge in [-0.15, -0.1) is 0 Å². The minimum Gasteiger partial charge on any atom is -0.217 e. The first-order valence-corrected chi connectivity index (χ1v) is 7.41. The lowest BCUT2D eigenvalue weighted by Crippen LogP contribution is -2.24. The minimum absolute atomic E-state index is 0.0949. The normalized spacial score (nSPS) is 12.5. The van der Waals surface area contributed by atoms with Crippen molar-refractivity contribution in [3.8, 4) is 11.4 Å². The van der Waals surface area contributed by atoms with Crippen molar-refractivity contribution in [2.24, 2.45) is 0 Å². The molecular formula is C18H25N3. The van der Waals surface area contributed by atoms with Crippen molar-refractivity contribution in [3.05, 3.63) is 41.5 Å². The summed E-state index contributed by atoms with van der Waals surface area (Å²) in [6.45, 7) is 14.9. The van der Waals surface area contributed by atoms with E-state index in [0.717, 1.165) is 23.0 Å². The second kappa shape index (κ2) is 5.21. The zero-order chi connectivity index (χ0) is 15.8. The van der Waals surface area contributed by atoms with Gasteiger partial charge < -0.3 is 0 Å². The van der Waals surface area contributed by atoms with Crippen LogP contribution in [0.1, 0.15) is 58.8 Å². The summed E-state index contributed by atoms with van der Waals surface area (Å²) in [5.74, 6) is 2.45. The van der Waals surface area contributed by atoms with Crippen LogP contribution in [-0.2, 0) is 10.8 Å². The van der Waals surface area contributed by atoms with Crippen LogP contribution in [0.2, 0.25) is 0 Å². The molecule has 0 atom stereocenters. The number of rotatable bonds is 1. The van der Waals surface area contributed by atoms with E-state index in [-0.39, 0.29) is 10.8 Å². The van der Waals surface area contributed by atoms with Crippen LogP contribution in [0.3, 0.4) is 0 Å². The third-order valence-electron chi connectivity index (χ3n) is 3.29. The van der Waals surface area contributed by atoms with Gasteiger partial charge in [0.2, 0.25) is 0 Å². The molecule has 1 aromatic carbocycles. The monoisotopic (exact) mass is 283 g/mol. The van der Waals surface area contributed by atoms with Crippen LogP contribution in [0, 0.1) is 6.92 Å². The van der Waals surface area contributed by atoms with Gasteiger partial charge >= 0.3 is 0 Å². The SMILES string of the molecule is Cc1ccc(-c2nc(C(C)(C)C)nc(C(C)(C)C)n2)cc1. The van der Waals surface area contributed by atoms with Gasteiger partial charge in [-0.1, -0.05) is 71.4 Å². The van der Waals surface area contributed by atoms with Gasteiger partial charge in [0.05, 0.1) is 0 Å². The average molecular weight is 283 g/mol. The van der Waals surface area contributed by atoms with E-state index < -0.39 is 0 Å². The lowest BCUT2D eigenvalue weighted by Gasteiger charge is -2.22. The Labute approximate surface area is 127 Å². The number of aryl methyl sites for hydroxylation is 1. The van der Waals surface area contributed by atoms with E-state index >= 15 is 0 Å². The molecule has 0 N–H and O–H groups in total. The Bertz CT molecular complexity index is 597. The Morgan fingerprint density at radius 1 is 0.667 bits per heavy atom. The third-order valence-corrected chi connectivity index (χ3v) is 3.29. The van der Waals surface area contributed by atoms with Crippen LogP contribution in [0.4, 0.5) is 0 Å². The van der Waals surface area contributed by atoms with Gasteiger partial charge in [-0.2, -0.15) is 0 Å². The molecule has 0 aliphatic carbocycles. The Kier molecular flexibility index (Phi) is 3.87. The van der Waals surface area contributed by atoms with Crippen LogP contribution in [0.25, 0.3) is 11.4 Å². The summed E-state index contributed by atoms with van der Waals surface area (Å²) < 4.78 is 0. The minimum atomic E-state index is -0.0949. The fraction of sp³-hybridized carbons (Fsp3) is 0.500. The topological polar surface area (TPSA) is 38.7 Å². The lowest BCUT2D eigenvalue weighted by molar-refractivity contribution is 0.497. The molecule has 0 amide bonds. The van der Waals surface area contributed by atoms with Crippen LogP contribution in [-0.4, -0.2) is 15.0 Å². The molecule has 0 fully saturated rings. The van der Waals surface area contributed by atoms with Crippen molar-refractivity contribution >= 4 is 0 Å². The highest BCUT2D eigenvalue weighted by Crippen LogP contribution is 2.26. The molecule has 21 heavy (non-hydrogen) atoms. The molecule has 3 heteroatoms. The summed E-state index contributed by atoms with van der Waals surface area (Å²) in [5.41, 5.74) is 2.09. The Morgan fingerprint density at radius 3 is 1.48 bits per heavy atom. The third kappa shape index (κ3) is 3.66. The molecule has 1 heterocycles. The van der Waals surface area contributed by atoms with Crippen molar-refractivity contribution in [1.82, 2.24) is 15.0 Å². The van der Waals surface area contributed by atoms with Crippen LogP contribution in [0.15, 0.2) is 24.3 Å². The summed E-state index contributed by atoms with van der Waals surface area (Å²) in [4.78, 5) is 14.1. The summed E-state index contributed by atoms with van der Waals surface area (Å²) in [6, 6.07) is 8.33. The molecule has 0 unspecified atom stereocenters. The van der Waals surface area contributed by atoms with E-state index in [1.807, 2.05) is 0 Å². The van der Waals surface area contributed by atoms with Crippen LogP contribution in [0.5, 0.6) is 0 Å². The van der Waals surface area contributed by atoms with E-state index in [9.17, 15) is 0 Å². The van der Waals surface area contributed by atoms with E-state index in [4.69, 9.17) is 15.0 Å². The number of benzene rings is 1. The van der Waals surface area contributed by atoms with E-state index in [1.165, 1.54) is 5.56 Å². The standard InChI is InChI=1S/C18H25N3/c1-12-8-10-13(11-9-12)14-19-15(17(2,3)4)21-16(20-14)18(5,6)7/h8-11H,1-7H3. The van der Waals surface area contributed by atoms with Gasteiger partial charge in [-0.3, -0.25) is 0 Å². The number of aromatic nitrogens is 3. The molecule has 1 aromatic heterocycles. The molecule has 2 aromatic rings. The largest absolute Gasteiger partial charge is 0.217 e. The molecular weight excluding hydrogens is 258 g/mol. The predicted molar refractivity (Wildman–Crippen MR) is 87.4 cm³/mol. The maximum atomic E-state index is 4.70. The maximum absolute atomic E-state index is 4.70. The Balaban J connectivity index is 2.63. The molecule has 0 bridgehead atoms. The summed E-state index contributed by atoms with van der Waals surface area (Å²) in [7, 11) is 0. The van der Waals surface area contributed by atoms with Gasteiger partial charge in [0, 0.05) is 16.4 Å². The van der Waals surface area contributed by atoms with Crippen LogP contribution < -0.4 is 0 Å². The van der Waals surface area contributed by atoms with Crippen LogP contribution >= 0.6 is 0 Å². The van der Waals surface area contributed by atoms with Crippen molar-refractivity contribution in [2.75, 3.05) is 0 Å². The van der Waals surface area contributed by atoms with Crippen molar-refractivity contribution < 1.29 is 0 Å². The average Bonchev–Trinajstić information content (AvgIpc) is 2.37. The molecule has 0 aliphatic rings. The fourth-order valence-corrected chi connectivity index (χ4v) is 1.88.